The molecular formula is C13H16ClN3O. The minimum Gasteiger partial charge on any atom is -0.471 e. The fourth-order valence-corrected chi connectivity index (χ4v) is 1.87. The molecule has 0 aliphatic carbocycles. The fraction of sp³-hybridized carbons (Fsp3) is 0.308. The number of hydrogen-bond acceptors (Lipinski definition) is 3. The Hall–Kier alpha value is -1.68. The Labute approximate surface area is 111 Å². The molecule has 4 nitrogen and oxygen atoms in total. The fourth-order valence-electron chi connectivity index (χ4n) is 1.74. The Kier molecular flexibility index (Phi) is 3.77. The number of aromatic nitrogens is 2. The van der Waals surface area contributed by atoms with Crippen LogP contribution >= 0.6 is 11.6 Å². The quantitative estimate of drug-likeness (QED) is 0.925. The highest BCUT2D eigenvalue weighted by molar-refractivity contribution is 6.30. The maximum Gasteiger partial charge on any atom is 0.236 e. The van der Waals surface area contributed by atoms with Gasteiger partial charge in [0.25, 0.3) is 0 Å². The van der Waals surface area contributed by atoms with Crippen LogP contribution < -0.4 is 10.5 Å². The van der Waals surface area contributed by atoms with Gasteiger partial charge in [-0.05, 0) is 24.1 Å². The largest absolute Gasteiger partial charge is 0.471 e. The van der Waals surface area contributed by atoms with Gasteiger partial charge in [0.2, 0.25) is 5.88 Å². The summed E-state index contributed by atoms with van der Waals surface area (Å²) in [5.41, 5.74) is 8.50. The third-order valence-corrected chi connectivity index (χ3v) is 2.98. The second-order valence-corrected chi connectivity index (χ2v) is 4.49. The summed E-state index contributed by atoms with van der Waals surface area (Å²) in [6, 6.07) is 7.53. The van der Waals surface area contributed by atoms with Crippen LogP contribution in [0.1, 0.15) is 18.2 Å². The van der Waals surface area contributed by atoms with Crippen LogP contribution in [-0.2, 0) is 20.1 Å². The smallest absolute Gasteiger partial charge is 0.236 e. The van der Waals surface area contributed by atoms with Gasteiger partial charge in [-0.2, -0.15) is 5.10 Å². The number of nitrogens with two attached hydrogens (primary N) is 1. The molecular weight excluding hydrogens is 250 g/mol. The average Bonchev–Trinajstić information content (AvgIpc) is 2.64. The van der Waals surface area contributed by atoms with Crippen molar-refractivity contribution in [2.75, 3.05) is 5.73 Å². The van der Waals surface area contributed by atoms with Gasteiger partial charge in [0, 0.05) is 12.1 Å². The van der Waals surface area contributed by atoms with Crippen LogP contribution in [0.2, 0.25) is 5.02 Å². The SMILES string of the molecule is CCc1nn(C)c(OCc2ccc(Cl)cc2)c1N. The van der Waals surface area contributed by atoms with E-state index in [4.69, 9.17) is 22.1 Å². The number of benzene rings is 1. The second-order valence-electron chi connectivity index (χ2n) is 4.06. The highest BCUT2D eigenvalue weighted by Crippen LogP contribution is 2.25. The first-order valence-corrected chi connectivity index (χ1v) is 6.18. The summed E-state index contributed by atoms with van der Waals surface area (Å²) < 4.78 is 7.38. The molecule has 0 radical (unpaired) electrons. The average molecular weight is 266 g/mol. The number of aryl methyl sites for hydroxylation is 2. The van der Waals surface area contributed by atoms with E-state index in [9.17, 15) is 0 Å². The van der Waals surface area contributed by atoms with E-state index in [2.05, 4.69) is 5.10 Å². The van der Waals surface area contributed by atoms with Crippen LogP contribution in [0.5, 0.6) is 5.88 Å². The van der Waals surface area contributed by atoms with E-state index in [0.29, 0.717) is 23.2 Å². The highest BCUT2D eigenvalue weighted by atomic mass is 35.5. The summed E-state index contributed by atoms with van der Waals surface area (Å²) in [6.45, 7) is 2.46. The first-order valence-electron chi connectivity index (χ1n) is 5.80. The lowest BCUT2D eigenvalue weighted by Crippen LogP contribution is -2.02. The monoisotopic (exact) mass is 265 g/mol. The normalized spacial score (nSPS) is 10.6. The lowest BCUT2D eigenvalue weighted by atomic mass is 10.2. The molecule has 0 spiro atoms. The molecule has 0 saturated carbocycles. The number of hydrogen-bond donors (Lipinski definition) is 1. The number of rotatable bonds is 4. The summed E-state index contributed by atoms with van der Waals surface area (Å²) in [5.74, 6) is 0.613. The summed E-state index contributed by atoms with van der Waals surface area (Å²) in [7, 11) is 1.83. The Morgan fingerprint density at radius 2 is 2.00 bits per heavy atom. The molecule has 0 saturated heterocycles. The molecule has 0 aliphatic heterocycles. The molecule has 2 aromatic rings. The molecule has 0 amide bonds. The van der Waals surface area contributed by atoms with E-state index in [0.717, 1.165) is 17.7 Å². The van der Waals surface area contributed by atoms with Gasteiger partial charge >= 0.3 is 0 Å². The van der Waals surface area contributed by atoms with Gasteiger partial charge in [0.15, 0.2) is 0 Å². The van der Waals surface area contributed by atoms with Crippen LogP contribution in [0.3, 0.4) is 0 Å². The Morgan fingerprint density at radius 1 is 1.33 bits per heavy atom. The molecule has 5 heteroatoms. The summed E-state index contributed by atoms with van der Waals surface area (Å²) in [4.78, 5) is 0. The van der Waals surface area contributed by atoms with Crippen LogP contribution in [0.15, 0.2) is 24.3 Å². The molecule has 96 valence electrons. The lowest BCUT2D eigenvalue weighted by Gasteiger charge is -2.07. The molecule has 0 aliphatic rings. The van der Waals surface area contributed by atoms with Crippen molar-refractivity contribution in [1.82, 2.24) is 9.78 Å². The van der Waals surface area contributed by atoms with Gasteiger partial charge in [0.05, 0.1) is 5.69 Å². The van der Waals surface area contributed by atoms with Gasteiger partial charge in [-0.3, -0.25) is 0 Å². The van der Waals surface area contributed by atoms with Gasteiger partial charge < -0.3 is 10.5 Å². The Morgan fingerprint density at radius 3 is 2.56 bits per heavy atom. The summed E-state index contributed by atoms with van der Waals surface area (Å²) >= 11 is 5.83. The maximum absolute atomic E-state index is 5.97. The maximum atomic E-state index is 5.97. The zero-order valence-corrected chi connectivity index (χ0v) is 11.2. The van der Waals surface area contributed by atoms with Crippen molar-refractivity contribution in [1.29, 1.82) is 0 Å². The Balaban J connectivity index is 2.10. The highest BCUT2D eigenvalue weighted by Gasteiger charge is 2.13. The van der Waals surface area contributed by atoms with Crippen molar-refractivity contribution in [2.24, 2.45) is 7.05 Å². The van der Waals surface area contributed by atoms with Crippen molar-refractivity contribution in [3.05, 3.63) is 40.5 Å². The topological polar surface area (TPSA) is 53.1 Å². The zero-order valence-electron chi connectivity index (χ0n) is 10.5. The van der Waals surface area contributed by atoms with E-state index in [1.807, 2.05) is 38.2 Å². The number of nitrogen functional groups attached to an aromatic ring is 1. The van der Waals surface area contributed by atoms with Gasteiger partial charge in [-0.1, -0.05) is 30.7 Å². The first kappa shape index (κ1) is 12.8. The molecule has 0 atom stereocenters. The van der Waals surface area contributed by atoms with E-state index < -0.39 is 0 Å². The molecule has 0 fully saturated rings. The lowest BCUT2D eigenvalue weighted by molar-refractivity contribution is 0.280. The third-order valence-electron chi connectivity index (χ3n) is 2.73. The number of nitrogens with zero attached hydrogens (tertiary/aromatic N) is 2. The standard InChI is InChI=1S/C13H16ClN3O/c1-3-11-12(15)13(17(2)16-11)18-8-9-4-6-10(14)7-5-9/h4-7H,3,8,15H2,1-2H3. The van der Waals surface area contributed by atoms with E-state index in [-0.39, 0.29) is 0 Å². The van der Waals surface area contributed by atoms with Crippen LogP contribution in [0.4, 0.5) is 5.69 Å². The van der Waals surface area contributed by atoms with Crippen molar-refractivity contribution in [3.8, 4) is 5.88 Å². The van der Waals surface area contributed by atoms with E-state index >= 15 is 0 Å². The molecule has 1 heterocycles. The minimum atomic E-state index is 0.448. The van der Waals surface area contributed by atoms with Crippen LogP contribution in [0, 0.1) is 0 Å². The van der Waals surface area contributed by atoms with Crippen molar-refractivity contribution in [3.63, 3.8) is 0 Å². The first-order chi connectivity index (χ1) is 8.61. The molecule has 0 bridgehead atoms. The van der Waals surface area contributed by atoms with E-state index in [1.54, 1.807) is 4.68 Å². The molecule has 2 rings (SSSR count). The van der Waals surface area contributed by atoms with Crippen molar-refractivity contribution >= 4 is 17.3 Å². The predicted octanol–water partition coefficient (Wildman–Crippen LogP) is 2.80. The minimum absolute atomic E-state index is 0.448. The van der Waals surface area contributed by atoms with Gasteiger partial charge in [-0.15, -0.1) is 0 Å². The Bertz CT molecular complexity index is 534. The van der Waals surface area contributed by atoms with Gasteiger partial charge in [0.1, 0.15) is 12.3 Å². The van der Waals surface area contributed by atoms with Crippen LogP contribution in [0.25, 0.3) is 0 Å². The van der Waals surface area contributed by atoms with Crippen molar-refractivity contribution in [2.45, 2.75) is 20.0 Å². The predicted molar refractivity (Wildman–Crippen MR) is 72.8 cm³/mol. The number of halogens is 1. The molecule has 0 unspecified atom stereocenters. The van der Waals surface area contributed by atoms with E-state index in [1.165, 1.54) is 0 Å². The van der Waals surface area contributed by atoms with Crippen LogP contribution in [-0.4, -0.2) is 9.78 Å². The number of anilines is 1. The summed E-state index contributed by atoms with van der Waals surface area (Å²) in [6.07, 6.45) is 0.796. The zero-order chi connectivity index (χ0) is 13.1. The van der Waals surface area contributed by atoms with Crippen molar-refractivity contribution < 1.29 is 4.74 Å². The third kappa shape index (κ3) is 2.59. The molecule has 2 N–H and O–H groups in total. The molecule has 1 aromatic carbocycles. The molecule has 18 heavy (non-hydrogen) atoms. The number of ether oxygens (including phenoxy) is 1. The second kappa shape index (κ2) is 5.31. The molecule has 1 aromatic heterocycles. The van der Waals surface area contributed by atoms with Gasteiger partial charge in [-0.25, -0.2) is 4.68 Å². The summed E-state index contributed by atoms with van der Waals surface area (Å²) in [5, 5.41) is 5.02.